The first-order valence-corrected chi connectivity index (χ1v) is 5.39. The fraction of sp³-hybridized carbons (Fsp3) is 0.500. The summed E-state index contributed by atoms with van der Waals surface area (Å²) in [5.41, 5.74) is 0. The molecular formula is C12H18O4. The van der Waals surface area contributed by atoms with E-state index in [1.807, 2.05) is 13.8 Å². The molecule has 0 N–H and O–H groups in total. The van der Waals surface area contributed by atoms with E-state index in [0.29, 0.717) is 13.2 Å². The average molecular weight is 226 g/mol. The molecule has 0 bridgehead atoms. The molecule has 0 aromatic heterocycles. The maximum Gasteiger partial charge on any atom is 0.330 e. The molecule has 0 saturated heterocycles. The van der Waals surface area contributed by atoms with Crippen LogP contribution < -0.4 is 0 Å². The highest BCUT2D eigenvalue weighted by molar-refractivity contribution is 5.84. The molecule has 0 amide bonds. The fourth-order valence-corrected chi connectivity index (χ4v) is 0.770. The molecular weight excluding hydrogens is 208 g/mol. The van der Waals surface area contributed by atoms with Crippen molar-refractivity contribution in [3.8, 4) is 0 Å². The summed E-state index contributed by atoms with van der Waals surface area (Å²) in [6, 6.07) is 0. The molecule has 90 valence electrons. The zero-order valence-electron chi connectivity index (χ0n) is 9.77. The van der Waals surface area contributed by atoms with Crippen LogP contribution in [-0.2, 0) is 19.1 Å². The third-order valence-corrected chi connectivity index (χ3v) is 1.47. The Morgan fingerprint density at radius 1 is 0.875 bits per heavy atom. The third-order valence-electron chi connectivity index (χ3n) is 1.47. The topological polar surface area (TPSA) is 52.6 Å². The van der Waals surface area contributed by atoms with Crippen molar-refractivity contribution in [2.75, 3.05) is 13.2 Å². The van der Waals surface area contributed by atoms with Gasteiger partial charge in [-0.15, -0.1) is 0 Å². The lowest BCUT2D eigenvalue weighted by Gasteiger charge is -1.96. The van der Waals surface area contributed by atoms with Gasteiger partial charge in [0, 0.05) is 12.2 Å². The Bertz CT molecular complexity index is 238. The predicted octanol–water partition coefficient (Wildman–Crippen LogP) is 2.01. The van der Waals surface area contributed by atoms with Gasteiger partial charge in [0.2, 0.25) is 0 Å². The Balaban J connectivity index is 3.76. The summed E-state index contributed by atoms with van der Waals surface area (Å²) in [4.78, 5) is 21.9. The van der Waals surface area contributed by atoms with E-state index in [-0.39, 0.29) is 0 Å². The van der Waals surface area contributed by atoms with Crippen LogP contribution in [0.4, 0.5) is 0 Å². The van der Waals surface area contributed by atoms with E-state index < -0.39 is 11.9 Å². The van der Waals surface area contributed by atoms with Crippen LogP contribution in [0.5, 0.6) is 0 Å². The van der Waals surface area contributed by atoms with Gasteiger partial charge in [0.1, 0.15) is 0 Å². The first-order valence-electron chi connectivity index (χ1n) is 5.39. The van der Waals surface area contributed by atoms with E-state index in [4.69, 9.17) is 9.47 Å². The van der Waals surface area contributed by atoms with Gasteiger partial charge in [-0.1, -0.05) is 26.0 Å². The first-order chi connectivity index (χ1) is 7.70. The van der Waals surface area contributed by atoms with Crippen molar-refractivity contribution in [1.29, 1.82) is 0 Å². The third kappa shape index (κ3) is 8.99. The van der Waals surface area contributed by atoms with Crippen LogP contribution >= 0.6 is 0 Å². The number of ether oxygens (including phenoxy) is 2. The zero-order chi connectivity index (χ0) is 12.2. The minimum Gasteiger partial charge on any atom is -0.463 e. The van der Waals surface area contributed by atoms with Gasteiger partial charge in [0.25, 0.3) is 0 Å². The van der Waals surface area contributed by atoms with Crippen molar-refractivity contribution >= 4 is 11.9 Å². The monoisotopic (exact) mass is 226 g/mol. The minimum atomic E-state index is -0.409. The molecule has 0 aromatic carbocycles. The molecule has 0 fully saturated rings. The van der Waals surface area contributed by atoms with Crippen LogP contribution in [0.25, 0.3) is 0 Å². The Hall–Kier alpha value is -1.58. The molecule has 4 heteroatoms. The average Bonchev–Trinajstić information content (AvgIpc) is 2.29. The predicted molar refractivity (Wildman–Crippen MR) is 60.8 cm³/mol. The second kappa shape index (κ2) is 9.96. The summed E-state index contributed by atoms with van der Waals surface area (Å²) in [7, 11) is 0. The van der Waals surface area contributed by atoms with Gasteiger partial charge in [-0.25, -0.2) is 9.59 Å². The van der Waals surface area contributed by atoms with E-state index in [0.717, 1.165) is 12.8 Å². The van der Waals surface area contributed by atoms with Crippen LogP contribution in [0.15, 0.2) is 24.3 Å². The SMILES string of the molecule is CCCOC(=O)/C=C\C=C/C(=O)OCCC. The Labute approximate surface area is 95.9 Å². The summed E-state index contributed by atoms with van der Waals surface area (Å²) in [6.45, 7) is 4.65. The Morgan fingerprint density at radius 3 is 1.56 bits per heavy atom. The van der Waals surface area contributed by atoms with Gasteiger partial charge in [-0.3, -0.25) is 0 Å². The quantitative estimate of drug-likeness (QED) is 0.378. The lowest BCUT2D eigenvalue weighted by molar-refractivity contribution is -0.138. The highest BCUT2D eigenvalue weighted by Gasteiger charge is 1.94. The molecule has 0 aliphatic carbocycles. The highest BCUT2D eigenvalue weighted by atomic mass is 16.5. The number of carbonyl (C=O) groups is 2. The number of hydrogen-bond donors (Lipinski definition) is 0. The summed E-state index contributed by atoms with van der Waals surface area (Å²) in [6.07, 6.45) is 7.01. The zero-order valence-corrected chi connectivity index (χ0v) is 9.77. The maximum absolute atomic E-state index is 11.0. The van der Waals surface area contributed by atoms with Gasteiger partial charge >= 0.3 is 11.9 Å². The summed E-state index contributed by atoms with van der Waals surface area (Å²) in [5, 5.41) is 0. The molecule has 0 aromatic rings. The molecule has 0 saturated carbocycles. The van der Waals surface area contributed by atoms with Crippen molar-refractivity contribution in [2.45, 2.75) is 26.7 Å². The highest BCUT2D eigenvalue weighted by Crippen LogP contribution is 1.88. The lowest BCUT2D eigenvalue weighted by Crippen LogP contribution is -2.01. The van der Waals surface area contributed by atoms with Gasteiger partial charge in [-0.05, 0) is 12.8 Å². The normalized spacial score (nSPS) is 10.9. The van der Waals surface area contributed by atoms with Crippen LogP contribution in [0.3, 0.4) is 0 Å². The molecule has 4 nitrogen and oxygen atoms in total. The van der Waals surface area contributed by atoms with Gasteiger partial charge in [0.15, 0.2) is 0 Å². The van der Waals surface area contributed by atoms with Crippen molar-refractivity contribution in [1.82, 2.24) is 0 Å². The first kappa shape index (κ1) is 14.4. The largest absolute Gasteiger partial charge is 0.463 e. The smallest absolute Gasteiger partial charge is 0.330 e. The van der Waals surface area contributed by atoms with Crippen LogP contribution in [0, 0.1) is 0 Å². The maximum atomic E-state index is 11.0. The molecule has 0 radical (unpaired) electrons. The molecule has 0 aliphatic heterocycles. The molecule has 0 atom stereocenters. The van der Waals surface area contributed by atoms with Crippen molar-refractivity contribution < 1.29 is 19.1 Å². The minimum absolute atomic E-state index is 0.408. The summed E-state index contributed by atoms with van der Waals surface area (Å²) in [5.74, 6) is -0.818. The summed E-state index contributed by atoms with van der Waals surface area (Å²) >= 11 is 0. The lowest BCUT2D eigenvalue weighted by atomic mass is 10.4. The number of esters is 2. The molecule has 0 unspecified atom stereocenters. The number of hydrogen-bond acceptors (Lipinski definition) is 4. The van der Waals surface area contributed by atoms with Crippen LogP contribution in [0.1, 0.15) is 26.7 Å². The Kier molecular flexibility index (Phi) is 8.97. The molecule has 0 spiro atoms. The number of carbonyl (C=O) groups excluding carboxylic acids is 2. The van der Waals surface area contributed by atoms with E-state index in [2.05, 4.69) is 0 Å². The molecule has 0 rings (SSSR count). The molecule has 0 aliphatic rings. The van der Waals surface area contributed by atoms with E-state index >= 15 is 0 Å². The Morgan fingerprint density at radius 2 is 1.25 bits per heavy atom. The van der Waals surface area contributed by atoms with Crippen molar-refractivity contribution in [2.24, 2.45) is 0 Å². The fourth-order valence-electron chi connectivity index (χ4n) is 0.770. The second-order valence-electron chi connectivity index (χ2n) is 3.05. The van der Waals surface area contributed by atoms with E-state index in [1.54, 1.807) is 0 Å². The van der Waals surface area contributed by atoms with Gasteiger partial charge < -0.3 is 9.47 Å². The van der Waals surface area contributed by atoms with Gasteiger partial charge in [0.05, 0.1) is 13.2 Å². The number of rotatable bonds is 7. The number of allylic oxidation sites excluding steroid dienone is 2. The van der Waals surface area contributed by atoms with Crippen molar-refractivity contribution in [3.05, 3.63) is 24.3 Å². The second-order valence-corrected chi connectivity index (χ2v) is 3.05. The van der Waals surface area contributed by atoms with Crippen LogP contribution in [0.2, 0.25) is 0 Å². The molecule has 0 heterocycles. The van der Waals surface area contributed by atoms with Crippen molar-refractivity contribution in [3.63, 3.8) is 0 Å². The van der Waals surface area contributed by atoms with E-state index in [1.165, 1.54) is 24.3 Å². The van der Waals surface area contributed by atoms with Crippen LogP contribution in [-0.4, -0.2) is 25.2 Å². The summed E-state index contributed by atoms with van der Waals surface area (Å²) < 4.78 is 9.57. The molecule has 16 heavy (non-hydrogen) atoms. The van der Waals surface area contributed by atoms with Gasteiger partial charge in [-0.2, -0.15) is 0 Å². The standard InChI is InChI=1S/C12H18O4/c1-3-9-15-11(13)7-5-6-8-12(14)16-10-4-2/h5-8H,3-4,9-10H2,1-2H3/b7-5-,8-6-. The van der Waals surface area contributed by atoms with E-state index in [9.17, 15) is 9.59 Å².